The third kappa shape index (κ3) is 7.09. The zero-order valence-corrected chi connectivity index (χ0v) is 40.4. The summed E-state index contributed by atoms with van der Waals surface area (Å²) < 4.78 is 0. The van der Waals surface area contributed by atoms with E-state index in [0.29, 0.717) is 0 Å². The van der Waals surface area contributed by atoms with Gasteiger partial charge in [0.1, 0.15) is 0 Å². The van der Waals surface area contributed by atoms with Crippen LogP contribution in [0.15, 0.2) is 0 Å². The van der Waals surface area contributed by atoms with Crippen molar-refractivity contribution in [3.63, 3.8) is 0 Å². The Bertz CT molecular complexity index is 1840. The second-order valence-corrected chi connectivity index (χ2v) is 110. The van der Waals surface area contributed by atoms with Crippen molar-refractivity contribution in [1.82, 2.24) is 0 Å². The van der Waals surface area contributed by atoms with Crippen molar-refractivity contribution in [3.05, 3.63) is 0 Å². The van der Waals surface area contributed by atoms with Gasteiger partial charge in [-0.25, -0.2) is 44.8 Å². The Balaban J connectivity index is 7.87. The molecule has 0 radical (unpaired) electrons. The van der Waals surface area contributed by atoms with Crippen molar-refractivity contribution in [2.24, 2.45) is 0 Å². The van der Waals surface area contributed by atoms with Crippen molar-refractivity contribution in [2.45, 2.75) is 0 Å². The van der Waals surface area contributed by atoms with E-state index in [4.69, 9.17) is 246 Å². The van der Waals surface area contributed by atoms with Crippen LogP contribution in [0.4, 0.5) is 0 Å². The zero-order chi connectivity index (χ0) is 27.7. The molecule has 0 aliphatic heterocycles. The average molecular weight is 1060 g/mol. The molecule has 0 saturated heterocycles. The number of hydrogen-bond donors (Lipinski definition) is 0. The van der Waals surface area contributed by atoms with Crippen LogP contribution in [0.5, 0.6) is 0 Å². The van der Waals surface area contributed by atoms with Gasteiger partial charge in [0.05, 0.1) is 0 Å². The van der Waals surface area contributed by atoms with Crippen LogP contribution in [0.3, 0.4) is 0 Å². The topological polar surface area (TPSA) is 0 Å². The fourth-order valence-electron chi connectivity index (χ4n) is 0.851. The van der Waals surface area contributed by atoms with Crippen LogP contribution in [-0.2, 0) is 307 Å². The largest absolute Gasteiger partial charge is 0.271 e. The summed E-state index contributed by atoms with van der Waals surface area (Å²) in [7, 11) is -2.74. The van der Waals surface area contributed by atoms with E-state index in [1.165, 1.54) is 0 Å². The van der Waals surface area contributed by atoms with Gasteiger partial charge in [-0.3, -0.25) is 14.1 Å². The molecule has 0 bridgehead atoms. The molecule has 0 unspecified atom stereocenters. The molecule has 0 amide bonds. The highest BCUT2D eigenvalue weighted by Crippen LogP contribution is 2.37. The minimum Gasteiger partial charge on any atom is -0.271 e. The summed E-state index contributed by atoms with van der Waals surface area (Å²) in [5.74, 6) is 0. The lowest BCUT2D eigenvalue weighted by molar-refractivity contribution is 5.01. The van der Waals surface area contributed by atoms with Gasteiger partial charge in [0.2, 0.25) is 0 Å². The summed E-state index contributed by atoms with van der Waals surface area (Å²) >= 11 is 123. The normalized spacial score (nSPS) is 16.1. The zero-order valence-electron chi connectivity index (χ0n) is 13.5. The van der Waals surface area contributed by atoms with Gasteiger partial charge >= 0.3 is 0 Å². The lowest BCUT2D eigenvalue weighted by atomic mass is 29.7. The van der Waals surface area contributed by atoms with E-state index in [1.807, 2.05) is 0 Å². The molecule has 0 heterocycles. The molecule has 0 rings (SSSR count). The molecule has 0 nitrogen and oxygen atoms in total. The summed E-state index contributed by atoms with van der Waals surface area (Å²) in [6.45, 7) is 0. The minimum atomic E-state index is -3.36. The first-order chi connectivity index (χ1) is 13.9. The molecule has 0 saturated carbocycles. The van der Waals surface area contributed by atoms with Gasteiger partial charge in [0, 0.05) is 36.5 Å². The first kappa shape index (κ1) is 41.7. The summed E-state index contributed by atoms with van der Waals surface area (Å²) in [4.78, 5) is 0. The van der Waals surface area contributed by atoms with Crippen molar-refractivity contribution in [2.75, 3.05) is 0 Å². The highest BCUT2D eigenvalue weighted by atomic mass is 34.4. The first-order valence-electron chi connectivity index (χ1n) is 5.33. The Morgan fingerprint density at radius 1 is 0.242 bits per heavy atom. The molecule has 0 atom stereocenters. The monoisotopic (exact) mass is 1060 g/mol. The predicted octanol–water partition coefficient (Wildman–Crippen LogP) is -0.0792. The van der Waals surface area contributed by atoms with Crippen LogP contribution in [0.2, 0.25) is 0 Å². The molecule has 0 aromatic carbocycles. The summed E-state index contributed by atoms with van der Waals surface area (Å²) in [6, 6.07) is 0. The molecule has 0 aliphatic carbocycles. The van der Waals surface area contributed by atoms with E-state index in [-0.39, 0.29) is 0 Å². The molecule has 0 fully saturated rings. The van der Waals surface area contributed by atoms with Crippen molar-refractivity contribution >= 4 is 307 Å². The summed E-state index contributed by atoms with van der Waals surface area (Å²) in [5.41, 5.74) is 0. The number of hydrogen-bond acceptors (Lipinski definition) is 24. The maximum atomic E-state index is 5.78. The average Bonchev–Trinajstić information content (AvgIpc) is 2.59. The van der Waals surface area contributed by atoms with E-state index >= 15 is 0 Å². The SMILES string of the molecule is S=[S-](=S)S(=S)(=S)S(=S)(=S)S(=S)(=S)S(=S)(=S)S(=S)(=S)S(=S)(=S)S(=S)(=S)S(=S)(=S)S(=S)(=S)[S-](=S)=S. The summed E-state index contributed by atoms with van der Waals surface area (Å²) in [6.07, 6.45) is 0. The Labute approximate surface area is 299 Å². The van der Waals surface area contributed by atoms with Gasteiger partial charge in [-0.15, -0.1) is 0 Å². The molecule has 0 spiro atoms. The lowest BCUT2D eigenvalue weighted by Gasteiger charge is -2.35. The van der Waals surface area contributed by atoms with Crippen LogP contribution in [-0.4, -0.2) is 0 Å². The lowest BCUT2D eigenvalue weighted by Crippen LogP contribution is -2.36. The Hall–Kier alpha value is 8.69. The smallest absolute Gasteiger partial charge is 0.0451 e. The summed E-state index contributed by atoms with van der Waals surface area (Å²) in [5, 5.41) is -28.4. The minimum absolute atomic E-state index is 1.37. The molecular formula is S33-2. The molecule has 33 heavy (non-hydrogen) atoms. The third-order valence-electron chi connectivity index (χ3n) is 2.33. The molecule has 200 valence electrons. The van der Waals surface area contributed by atoms with Gasteiger partial charge in [-0.1, -0.05) is 55.2 Å². The van der Waals surface area contributed by atoms with Gasteiger partial charge < -0.3 is 0 Å². The van der Waals surface area contributed by atoms with Gasteiger partial charge in [0.25, 0.3) is 0 Å². The van der Waals surface area contributed by atoms with Crippen molar-refractivity contribution in [3.8, 4) is 0 Å². The van der Waals surface area contributed by atoms with Crippen LogP contribution < -0.4 is 0 Å². The maximum Gasteiger partial charge on any atom is 0.0451 e. The predicted molar refractivity (Wildman–Crippen MR) is 243 cm³/mol. The first-order valence-corrected chi connectivity index (χ1v) is 48.0. The van der Waals surface area contributed by atoms with Crippen LogP contribution >= 0.6 is 0 Å². The van der Waals surface area contributed by atoms with E-state index in [2.05, 4.69) is 0 Å². The van der Waals surface area contributed by atoms with Gasteiger partial charge in [-0.05, 0) is 157 Å². The van der Waals surface area contributed by atoms with E-state index in [1.54, 1.807) is 0 Å². The quantitative estimate of drug-likeness (QED) is 0.212. The highest BCUT2D eigenvalue weighted by Gasteiger charge is 2.39. The Morgan fingerprint density at radius 2 is 0.364 bits per heavy atom. The third-order valence-corrected chi connectivity index (χ3v) is 189. The maximum absolute atomic E-state index is 5.78. The van der Waals surface area contributed by atoms with Crippen LogP contribution in [0.1, 0.15) is 0 Å². The second-order valence-electron chi connectivity index (χ2n) is 4.08. The van der Waals surface area contributed by atoms with Crippen molar-refractivity contribution in [1.29, 1.82) is 0 Å². The van der Waals surface area contributed by atoms with Crippen molar-refractivity contribution < 1.29 is 0 Å². The van der Waals surface area contributed by atoms with E-state index in [9.17, 15) is 0 Å². The highest BCUT2D eigenvalue weighted by molar-refractivity contribution is 9.74. The van der Waals surface area contributed by atoms with E-state index < -0.39 is 61.0 Å². The molecular weight excluding hydrogens is 1060 g/mol. The molecule has 0 N–H and O–H groups in total. The standard InChI is InChI=1S/S33/c1-23(2)25(5,6)27(9,10)29(13,14)31(17,18)33(21,22)32(19,20)30(15,16)28(11,12)26(7,8)24(3)4/q-2. The van der Waals surface area contributed by atoms with Crippen LogP contribution in [0, 0.1) is 0 Å². The second kappa shape index (κ2) is 13.6. The Kier molecular flexibility index (Phi) is 17.2. The van der Waals surface area contributed by atoms with Gasteiger partial charge in [0.15, 0.2) is 0 Å². The molecule has 33 heteroatoms. The Morgan fingerprint density at radius 3 is 0.485 bits per heavy atom. The fourth-order valence-corrected chi connectivity index (χ4v) is 207. The van der Waals surface area contributed by atoms with Gasteiger partial charge in [-0.2, -0.15) is 0 Å². The van der Waals surface area contributed by atoms with Crippen LogP contribution in [0.25, 0.3) is 0 Å². The van der Waals surface area contributed by atoms with E-state index in [0.717, 1.165) is 0 Å². The molecule has 0 aliphatic rings. The molecule has 0 aromatic heterocycles. The fraction of sp³-hybridized carbons (Fsp3) is 0. The molecule has 0 aromatic rings. The number of rotatable bonds is 10.